The topological polar surface area (TPSA) is 59.9 Å². The Hall–Kier alpha value is -6.85. The second kappa shape index (κ2) is 11.9. The summed E-state index contributed by atoms with van der Waals surface area (Å²) < 4.78 is 6.84. The minimum atomic E-state index is -0.648. The van der Waals surface area contributed by atoms with E-state index in [1.807, 2.05) is 67.7 Å². The van der Waals surface area contributed by atoms with Crippen molar-refractivity contribution >= 4 is 5.69 Å². The molecule has 8 aromatic rings. The molecule has 10 rings (SSSR count). The van der Waals surface area contributed by atoms with Crippen LogP contribution in [0, 0.1) is 0 Å². The van der Waals surface area contributed by atoms with E-state index in [1.165, 1.54) is 22.3 Å². The Morgan fingerprint density at radius 1 is 0.404 bits per heavy atom. The van der Waals surface area contributed by atoms with E-state index in [-0.39, 0.29) is 0 Å². The maximum atomic E-state index is 6.84. The summed E-state index contributed by atoms with van der Waals surface area (Å²) in [6, 6.07) is 59.4. The normalized spacial score (nSPS) is 13.0. The summed E-state index contributed by atoms with van der Waals surface area (Å²) in [6.07, 6.45) is 0. The lowest BCUT2D eigenvalue weighted by molar-refractivity contribution is 0.436. The SMILES string of the molecule is CNc1ccc(-c2ccc3c(c2)C2(c4cc(-c5nc(-c6ccccc6)nc(-c6ccccc6)n5)ccc4O3)c3ccccc3-c3ccccc32)cc1. The first-order chi connectivity index (χ1) is 25.7. The summed E-state index contributed by atoms with van der Waals surface area (Å²) in [5, 5.41) is 3.24. The van der Waals surface area contributed by atoms with Crippen LogP contribution < -0.4 is 10.1 Å². The van der Waals surface area contributed by atoms with Crippen molar-refractivity contribution in [2.24, 2.45) is 0 Å². The van der Waals surface area contributed by atoms with Crippen molar-refractivity contribution < 1.29 is 4.74 Å². The summed E-state index contributed by atoms with van der Waals surface area (Å²) in [7, 11) is 1.94. The van der Waals surface area contributed by atoms with Crippen LogP contribution in [0.5, 0.6) is 11.5 Å². The van der Waals surface area contributed by atoms with E-state index < -0.39 is 5.41 Å². The first kappa shape index (κ1) is 30.0. The van der Waals surface area contributed by atoms with Crippen molar-refractivity contribution in [3.05, 3.63) is 192 Å². The Kier molecular flexibility index (Phi) is 6.86. The quantitative estimate of drug-likeness (QED) is 0.198. The van der Waals surface area contributed by atoms with Gasteiger partial charge in [0.25, 0.3) is 0 Å². The van der Waals surface area contributed by atoms with E-state index >= 15 is 0 Å². The van der Waals surface area contributed by atoms with Crippen molar-refractivity contribution in [2.45, 2.75) is 5.41 Å². The summed E-state index contributed by atoms with van der Waals surface area (Å²) in [6.45, 7) is 0. The average Bonchev–Trinajstić information content (AvgIpc) is 3.52. The molecule has 7 aromatic carbocycles. The molecule has 0 saturated heterocycles. The highest BCUT2D eigenvalue weighted by atomic mass is 16.5. The van der Waals surface area contributed by atoms with Gasteiger partial charge < -0.3 is 10.1 Å². The Balaban J connectivity index is 1.24. The molecule has 246 valence electrons. The van der Waals surface area contributed by atoms with Crippen LogP contribution in [-0.4, -0.2) is 22.0 Å². The zero-order valence-corrected chi connectivity index (χ0v) is 28.4. The number of nitrogens with zero attached hydrogens (tertiary/aromatic N) is 3. The van der Waals surface area contributed by atoms with Gasteiger partial charge in [0.1, 0.15) is 11.5 Å². The van der Waals surface area contributed by atoms with Gasteiger partial charge in [0, 0.05) is 40.6 Å². The lowest BCUT2D eigenvalue weighted by Gasteiger charge is -2.40. The summed E-state index contributed by atoms with van der Waals surface area (Å²) in [5.74, 6) is 3.53. The lowest BCUT2D eigenvalue weighted by atomic mass is 9.65. The second-order valence-corrected chi connectivity index (χ2v) is 13.2. The number of rotatable bonds is 5. The number of ether oxygens (including phenoxy) is 1. The molecule has 0 atom stereocenters. The van der Waals surface area contributed by atoms with E-state index in [0.717, 1.165) is 56.1 Å². The van der Waals surface area contributed by atoms with Gasteiger partial charge in [0.05, 0.1) is 5.41 Å². The number of aromatic nitrogens is 3. The molecule has 1 spiro atoms. The van der Waals surface area contributed by atoms with Gasteiger partial charge in [-0.3, -0.25) is 0 Å². The number of nitrogens with one attached hydrogen (secondary N) is 1. The summed E-state index contributed by atoms with van der Waals surface area (Å²) in [5.41, 5.74) is 12.5. The Labute approximate surface area is 302 Å². The molecule has 2 aliphatic rings. The zero-order chi connectivity index (χ0) is 34.6. The molecule has 1 N–H and O–H groups in total. The average molecular weight is 669 g/mol. The highest BCUT2D eigenvalue weighted by molar-refractivity contribution is 5.90. The smallest absolute Gasteiger partial charge is 0.164 e. The fraction of sp³-hybridized carbons (Fsp3) is 0.0426. The predicted molar refractivity (Wildman–Crippen MR) is 208 cm³/mol. The standard InChI is InChI=1S/C47H32N4O/c1-48-35-24-20-30(21-25-35)33-22-26-42-40(28-33)47(38-18-10-8-16-36(38)37-17-9-11-19-39(37)47)41-29-34(23-27-43(41)52-42)46-50-44(31-12-4-2-5-13-31)49-45(51-46)32-14-6-3-7-15-32/h2-29,48H,1H3. The fourth-order valence-corrected chi connectivity index (χ4v) is 7.99. The molecule has 0 unspecified atom stereocenters. The van der Waals surface area contributed by atoms with Crippen molar-refractivity contribution in [3.8, 4) is 67.9 Å². The molecular weight excluding hydrogens is 637 g/mol. The van der Waals surface area contributed by atoms with Gasteiger partial charge in [-0.15, -0.1) is 0 Å². The Bertz CT molecular complexity index is 2530. The van der Waals surface area contributed by atoms with E-state index in [4.69, 9.17) is 19.7 Å². The third-order valence-corrected chi connectivity index (χ3v) is 10.4. The highest BCUT2D eigenvalue weighted by Crippen LogP contribution is 2.62. The largest absolute Gasteiger partial charge is 0.457 e. The van der Waals surface area contributed by atoms with Crippen LogP contribution in [0.3, 0.4) is 0 Å². The molecule has 0 amide bonds. The van der Waals surface area contributed by atoms with E-state index in [0.29, 0.717) is 17.5 Å². The monoisotopic (exact) mass is 668 g/mol. The molecule has 0 fully saturated rings. The van der Waals surface area contributed by atoms with Crippen molar-refractivity contribution in [1.29, 1.82) is 0 Å². The van der Waals surface area contributed by atoms with Crippen molar-refractivity contribution in [3.63, 3.8) is 0 Å². The number of benzene rings is 7. The van der Waals surface area contributed by atoms with Gasteiger partial charge in [-0.05, 0) is 75.8 Å². The highest BCUT2D eigenvalue weighted by Gasteiger charge is 2.51. The van der Waals surface area contributed by atoms with Crippen LogP contribution >= 0.6 is 0 Å². The molecule has 52 heavy (non-hydrogen) atoms. The molecule has 5 heteroatoms. The lowest BCUT2D eigenvalue weighted by Crippen LogP contribution is -2.32. The van der Waals surface area contributed by atoms with Crippen LogP contribution in [0.4, 0.5) is 5.69 Å². The zero-order valence-electron chi connectivity index (χ0n) is 28.4. The van der Waals surface area contributed by atoms with E-state index in [2.05, 4.69) is 115 Å². The van der Waals surface area contributed by atoms with Gasteiger partial charge in [-0.2, -0.15) is 0 Å². The summed E-state index contributed by atoms with van der Waals surface area (Å²) in [4.78, 5) is 15.1. The molecule has 2 heterocycles. The van der Waals surface area contributed by atoms with Gasteiger partial charge in [-0.25, -0.2) is 15.0 Å². The van der Waals surface area contributed by atoms with Crippen LogP contribution in [0.2, 0.25) is 0 Å². The van der Waals surface area contributed by atoms with Crippen LogP contribution in [0.1, 0.15) is 22.3 Å². The molecule has 1 aliphatic carbocycles. The number of hydrogen-bond donors (Lipinski definition) is 1. The van der Waals surface area contributed by atoms with Gasteiger partial charge in [0.2, 0.25) is 0 Å². The van der Waals surface area contributed by atoms with Crippen LogP contribution in [0.15, 0.2) is 170 Å². The molecule has 0 bridgehead atoms. The number of hydrogen-bond acceptors (Lipinski definition) is 5. The van der Waals surface area contributed by atoms with Gasteiger partial charge in [0.15, 0.2) is 17.5 Å². The maximum absolute atomic E-state index is 6.84. The van der Waals surface area contributed by atoms with Crippen LogP contribution in [-0.2, 0) is 5.41 Å². The van der Waals surface area contributed by atoms with Crippen molar-refractivity contribution in [1.82, 2.24) is 15.0 Å². The Morgan fingerprint density at radius 2 is 0.846 bits per heavy atom. The van der Waals surface area contributed by atoms with E-state index in [1.54, 1.807) is 0 Å². The molecular formula is C47H32N4O. The third kappa shape index (κ3) is 4.60. The Morgan fingerprint density at radius 3 is 1.38 bits per heavy atom. The third-order valence-electron chi connectivity index (χ3n) is 10.4. The molecule has 1 aromatic heterocycles. The fourth-order valence-electron chi connectivity index (χ4n) is 7.99. The number of anilines is 1. The maximum Gasteiger partial charge on any atom is 0.164 e. The predicted octanol–water partition coefficient (Wildman–Crippen LogP) is 11.1. The molecule has 1 aliphatic heterocycles. The molecule has 0 radical (unpaired) electrons. The number of fused-ring (bicyclic) bond motifs is 9. The first-order valence-electron chi connectivity index (χ1n) is 17.5. The van der Waals surface area contributed by atoms with Gasteiger partial charge in [-0.1, -0.05) is 127 Å². The minimum absolute atomic E-state index is 0.606. The van der Waals surface area contributed by atoms with Gasteiger partial charge >= 0.3 is 0 Å². The second-order valence-electron chi connectivity index (χ2n) is 13.2. The van der Waals surface area contributed by atoms with Crippen LogP contribution in [0.25, 0.3) is 56.4 Å². The molecule has 5 nitrogen and oxygen atoms in total. The summed E-state index contributed by atoms with van der Waals surface area (Å²) >= 11 is 0. The minimum Gasteiger partial charge on any atom is -0.457 e. The molecule has 0 saturated carbocycles. The first-order valence-corrected chi connectivity index (χ1v) is 17.5. The van der Waals surface area contributed by atoms with E-state index in [9.17, 15) is 0 Å². The van der Waals surface area contributed by atoms with Crippen molar-refractivity contribution in [2.75, 3.05) is 12.4 Å².